The van der Waals surface area contributed by atoms with E-state index >= 15 is 0 Å². The minimum atomic E-state index is -4.60. The molecule has 1 fully saturated rings. The van der Waals surface area contributed by atoms with Crippen LogP contribution in [-0.2, 0) is 27.1 Å². The Morgan fingerprint density at radius 2 is 1.70 bits per heavy atom. The maximum absolute atomic E-state index is 13.9. The minimum absolute atomic E-state index is 0.0824. The number of nitrogens with one attached hydrogen (secondary N) is 1. The standard InChI is InChI=1S/C30H21ClF3N3O5S2/c1-42-20-11-5-15(6-12-20)22-23-24(27(40)37(26(23)39)19-9-7-17(31)8-10-19)43-28-25(22)44-29(41)36(28)14-21(38)35-18-4-2-3-16(13-18)30(32,33)34/h2-13,22-24H,14H2,1H3,(H,35,38)/t22-,23?,24?/m0/s1. The molecular weight excluding hydrogens is 639 g/mol. The van der Waals surface area contributed by atoms with E-state index in [-0.39, 0.29) is 5.69 Å². The molecule has 1 saturated heterocycles. The van der Waals surface area contributed by atoms with Crippen molar-refractivity contribution < 1.29 is 32.3 Å². The molecule has 44 heavy (non-hydrogen) atoms. The molecule has 0 saturated carbocycles. The van der Waals surface area contributed by atoms with Crippen LogP contribution in [0.4, 0.5) is 24.5 Å². The molecule has 2 unspecified atom stereocenters. The Balaban J connectivity index is 1.38. The number of anilines is 2. The van der Waals surface area contributed by atoms with E-state index in [1.54, 1.807) is 48.5 Å². The second-order valence-corrected chi connectivity index (χ2v) is 12.6. The van der Waals surface area contributed by atoms with E-state index < -0.39 is 58.0 Å². The lowest BCUT2D eigenvalue weighted by atomic mass is 9.83. The van der Waals surface area contributed by atoms with Crippen molar-refractivity contribution in [2.75, 3.05) is 17.3 Å². The fourth-order valence-corrected chi connectivity index (χ4v) is 8.29. The van der Waals surface area contributed by atoms with Gasteiger partial charge in [-0.05, 0) is 60.2 Å². The third-order valence-corrected chi connectivity index (χ3v) is 10.2. The van der Waals surface area contributed by atoms with Crippen molar-refractivity contribution in [3.63, 3.8) is 0 Å². The van der Waals surface area contributed by atoms with Crippen LogP contribution in [0.2, 0.25) is 5.02 Å². The average molecular weight is 660 g/mol. The third-order valence-electron chi connectivity index (χ3n) is 7.38. The van der Waals surface area contributed by atoms with E-state index in [0.717, 1.165) is 40.1 Å². The summed E-state index contributed by atoms with van der Waals surface area (Å²) in [5.41, 5.74) is 0.0114. The Morgan fingerprint density at radius 1 is 1.00 bits per heavy atom. The summed E-state index contributed by atoms with van der Waals surface area (Å²) >= 11 is 7.92. The maximum atomic E-state index is 13.9. The number of ether oxygens (including phenoxy) is 1. The number of carbonyl (C=O) groups excluding carboxylic acids is 3. The Labute approximate surface area is 261 Å². The monoisotopic (exact) mass is 659 g/mol. The van der Waals surface area contributed by atoms with Crippen molar-refractivity contribution in [2.24, 2.45) is 5.92 Å². The van der Waals surface area contributed by atoms with Crippen molar-refractivity contribution in [1.29, 1.82) is 0 Å². The highest BCUT2D eigenvalue weighted by Crippen LogP contribution is 2.54. The predicted octanol–water partition coefficient (Wildman–Crippen LogP) is 6.03. The van der Waals surface area contributed by atoms with Crippen LogP contribution in [0.3, 0.4) is 0 Å². The summed E-state index contributed by atoms with van der Waals surface area (Å²) in [5, 5.41) is 2.29. The van der Waals surface area contributed by atoms with Crippen molar-refractivity contribution in [1.82, 2.24) is 4.57 Å². The highest BCUT2D eigenvalue weighted by molar-refractivity contribution is 8.00. The number of benzene rings is 3. The third kappa shape index (κ3) is 5.39. The van der Waals surface area contributed by atoms with Gasteiger partial charge in [-0.1, -0.05) is 52.9 Å². The number of nitrogens with zero attached hydrogens (tertiary/aromatic N) is 2. The Bertz CT molecular complexity index is 1840. The van der Waals surface area contributed by atoms with Crippen molar-refractivity contribution >= 4 is 63.8 Å². The highest BCUT2D eigenvalue weighted by atomic mass is 35.5. The molecule has 14 heteroatoms. The van der Waals surface area contributed by atoms with E-state index in [4.69, 9.17) is 16.3 Å². The lowest BCUT2D eigenvalue weighted by Crippen LogP contribution is -2.33. The van der Waals surface area contributed by atoms with E-state index in [1.165, 1.54) is 23.8 Å². The first-order chi connectivity index (χ1) is 21.0. The number of hydrogen-bond donors (Lipinski definition) is 1. The number of imide groups is 1. The van der Waals surface area contributed by atoms with Gasteiger partial charge in [-0.2, -0.15) is 13.2 Å². The number of rotatable bonds is 6. The number of thioether (sulfide) groups is 1. The van der Waals surface area contributed by atoms with E-state index in [2.05, 4.69) is 5.32 Å². The first-order valence-corrected chi connectivity index (χ1v) is 15.2. The van der Waals surface area contributed by atoms with Crippen LogP contribution in [-0.4, -0.2) is 34.6 Å². The van der Waals surface area contributed by atoms with Crippen LogP contribution in [0.15, 0.2) is 82.6 Å². The lowest BCUT2D eigenvalue weighted by Gasteiger charge is -2.30. The number of methoxy groups -OCH3 is 1. The summed E-state index contributed by atoms with van der Waals surface area (Å²) in [7, 11) is 1.51. The number of aromatic nitrogens is 1. The molecule has 2 aliphatic rings. The van der Waals surface area contributed by atoms with Gasteiger partial charge in [-0.3, -0.25) is 23.7 Å². The van der Waals surface area contributed by atoms with E-state index in [0.29, 0.717) is 31.9 Å². The molecular formula is C30H21ClF3N3O5S2. The van der Waals surface area contributed by atoms with Gasteiger partial charge in [0.2, 0.25) is 17.7 Å². The maximum Gasteiger partial charge on any atom is 0.416 e. The zero-order chi connectivity index (χ0) is 31.3. The van der Waals surface area contributed by atoms with Gasteiger partial charge < -0.3 is 10.1 Å². The van der Waals surface area contributed by atoms with Gasteiger partial charge in [0, 0.05) is 21.5 Å². The summed E-state index contributed by atoms with van der Waals surface area (Å²) in [6.45, 7) is -0.510. The Morgan fingerprint density at radius 3 is 2.36 bits per heavy atom. The Kier molecular flexibility index (Phi) is 7.80. The summed E-state index contributed by atoms with van der Waals surface area (Å²) in [5.74, 6) is -2.61. The molecule has 3 aromatic carbocycles. The molecule has 226 valence electrons. The first-order valence-electron chi connectivity index (χ1n) is 13.1. The molecule has 0 radical (unpaired) electrons. The fraction of sp³-hybridized carbons (Fsp3) is 0.200. The van der Waals surface area contributed by atoms with Crippen molar-refractivity contribution in [2.45, 2.75) is 28.9 Å². The van der Waals surface area contributed by atoms with Crippen molar-refractivity contribution in [3.05, 3.63) is 103 Å². The van der Waals surface area contributed by atoms with Gasteiger partial charge in [0.1, 0.15) is 17.5 Å². The van der Waals surface area contributed by atoms with Gasteiger partial charge in [0.25, 0.3) is 0 Å². The number of thiazole rings is 1. The zero-order valence-electron chi connectivity index (χ0n) is 22.6. The number of fused-ring (bicyclic) bond motifs is 2. The molecule has 1 N–H and O–H groups in total. The molecule has 0 spiro atoms. The zero-order valence-corrected chi connectivity index (χ0v) is 25.0. The van der Waals surface area contributed by atoms with E-state index in [9.17, 15) is 32.3 Å². The second kappa shape index (κ2) is 11.5. The predicted molar refractivity (Wildman–Crippen MR) is 161 cm³/mol. The lowest BCUT2D eigenvalue weighted by molar-refractivity contribution is -0.137. The second-order valence-electron chi connectivity index (χ2n) is 10.1. The van der Waals surface area contributed by atoms with Gasteiger partial charge in [-0.15, -0.1) is 0 Å². The van der Waals surface area contributed by atoms with Gasteiger partial charge in [0.15, 0.2) is 0 Å². The molecule has 2 aliphatic heterocycles. The molecule has 0 bridgehead atoms. The summed E-state index contributed by atoms with van der Waals surface area (Å²) in [4.78, 5) is 55.1. The number of amides is 3. The molecule has 8 nitrogen and oxygen atoms in total. The summed E-state index contributed by atoms with van der Waals surface area (Å²) < 4.78 is 46.0. The van der Waals surface area contributed by atoms with Gasteiger partial charge in [0.05, 0.1) is 29.3 Å². The van der Waals surface area contributed by atoms with Crippen LogP contribution in [0, 0.1) is 5.92 Å². The Hall–Kier alpha value is -4.07. The van der Waals surface area contributed by atoms with Crippen LogP contribution in [0.1, 0.15) is 21.9 Å². The molecule has 4 aromatic rings. The summed E-state index contributed by atoms with van der Waals surface area (Å²) in [6.07, 6.45) is -4.60. The van der Waals surface area contributed by atoms with Crippen LogP contribution in [0.5, 0.6) is 5.75 Å². The molecule has 6 rings (SSSR count). The molecule has 3 atom stereocenters. The van der Waals surface area contributed by atoms with Crippen molar-refractivity contribution in [3.8, 4) is 5.75 Å². The smallest absolute Gasteiger partial charge is 0.416 e. The SMILES string of the molecule is COc1ccc([C@@H]2c3sc(=O)n(CC(=O)Nc4cccc(C(F)(F)F)c4)c3SC3C(=O)N(c4ccc(Cl)cc4)C(=O)C32)cc1. The topological polar surface area (TPSA) is 97.7 Å². The molecule has 3 heterocycles. The number of hydrogen-bond acceptors (Lipinski definition) is 7. The van der Waals surface area contributed by atoms with Gasteiger partial charge in [-0.25, -0.2) is 4.90 Å². The largest absolute Gasteiger partial charge is 0.497 e. The van der Waals surface area contributed by atoms with E-state index in [1.807, 2.05) is 0 Å². The van der Waals surface area contributed by atoms with Gasteiger partial charge >= 0.3 is 11.0 Å². The molecule has 1 aromatic heterocycles. The number of carbonyl (C=O) groups is 3. The first kappa shape index (κ1) is 30.0. The molecule has 3 amide bonds. The minimum Gasteiger partial charge on any atom is -0.497 e. The normalized spacial score (nSPS) is 19.5. The van der Waals surface area contributed by atoms with Crippen LogP contribution < -0.4 is 19.8 Å². The average Bonchev–Trinajstić information content (AvgIpc) is 3.43. The summed E-state index contributed by atoms with van der Waals surface area (Å²) in [6, 6.07) is 17.4. The van der Waals surface area contributed by atoms with Crippen LogP contribution in [0.25, 0.3) is 0 Å². The highest BCUT2D eigenvalue weighted by Gasteiger charge is 2.56. The number of halogens is 4. The fourth-order valence-electron chi connectivity index (χ4n) is 5.39. The molecule has 0 aliphatic carbocycles. The quantitative estimate of drug-likeness (QED) is 0.254. The number of alkyl halides is 3. The van der Waals surface area contributed by atoms with Crippen LogP contribution >= 0.6 is 34.7 Å².